The third kappa shape index (κ3) is 6.11. The molecule has 0 aliphatic heterocycles. The van der Waals surface area contributed by atoms with Crippen molar-refractivity contribution in [2.75, 3.05) is 5.32 Å². The van der Waals surface area contributed by atoms with Crippen LogP contribution in [0.3, 0.4) is 0 Å². The fourth-order valence-corrected chi connectivity index (χ4v) is 2.38. The number of alkyl carbamates (subject to hydrolysis) is 1. The monoisotopic (exact) mass is 369 g/mol. The van der Waals surface area contributed by atoms with E-state index in [1.54, 1.807) is 52.8 Å². The lowest BCUT2D eigenvalue weighted by Gasteiger charge is -2.25. The Balaban J connectivity index is 2.36. The molecule has 27 heavy (non-hydrogen) atoms. The first-order valence-corrected chi connectivity index (χ1v) is 8.73. The van der Waals surface area contributed by atoms with E-state index in [2.05, 4.69) is 10.6 Å². The number of carbonyl (C=O) groups excluding carboxylic acids is 1. The number of rotatable bonds is 4. The lowest BCUT2D eigenvalue weighted by atomic mass is 9.90. The van der Waals surface area contributed by atoms with Gasteiger partial charge in [0.2, 0.25) is 0 Å². The first-order chi connectivity index (χ1) is 12.5. The van der Waals surface area contributed by atoms with E-state index < -0.39 is 17.3 Å². The number of anilines is 1. The Morgan fingerprint density at radius 3 is 2.22 bits per heavy atom. The molecule has 0 saturated heterocycles. The molecule has 6 nitrogen and oxygen atoms in total. The zero-order chi connectivity index (χ0) is 20.2. The second-order valence-electron chi connectivity index (χ2n) is 7.81. The van der Waals surface area contributed by atoms with Gasteiger partial charge >= 0.3 is 6.09 Å². The molecule has 0 saturated carbocycles. The molecule has 0 unspecified atom stereocenters. The van der Waals surface area contributed by atoms with E-state index in [4.69, 9.17) is 10.1 Å². The minimum absolute atomic E-state index is 0.170. The number of para-hydroxylation sites is 1. The summed E-state index contributed by atoms with van der Waals surface area (Å²) in [6, 6.07) is 9.33. The molecule has 1 aromatic carbocycles. The van der Waals surface area contributed by atoms with Crippen LogP contribution in [0.5, 0.6) is 0 Å². The highest BCUT2D eigenvalue weighted by Crippen LogP contribution is 2.24. The van der Waals surface area contributed by atoms with Gasteiger partial charge in [-0.05, 0) is 64.5 Å². The molecule has 0 aromatic heterocycles. The molecular weight excluding hydrogens is 342 g/mol. The second-order valence-corrected chi connectivity index (χ2v) is 7.81. The Hall–Kier alpha value is -2.86. The van der Waals surface area contributed by atoms with Gasteiger partial charge in [0.15, 0.2) is 0 Å². The molecule has 0 fully saturated rings. The quantitative estimate of drug-likeness (QED) is 0.642. The van der Waals surface area contributed by atoms with Crippen molar-refractivity contribution < 1.29 is 14.6 Å². The molecule has 6 heteroatoms. The van der Waals surface area contributed by atoms with Gasteiger partial charge in [0.1, 0.15) is 11.4 Å². The largest absolute Gasteiger partial charge is 0.444 e. The van der Waals surface area contributed by atoms with Crippen molar-refractivity contribution >= 4 is 17.5 Å². The summed E-state index contributed by atoms with van der Waals surface area (Å²) in [6.45, 7) is 8.67. The number of hydrogen-bond acceptors (Lipinski definition) is 5. The van der Waals surface area contributed by atoms with E-state index in [-0.39, 0.29) is 5.71 Å². The number of ether oxygens (including phenoxy) is 1. The summed E-state index contributed by atoms with van der Waals surface area (Å²) < 4.78 is 5.33. The van der Waals surface area contributed by atoms with E-state index in [9.17, 15) is 9.90 Å². The van der Waals surface area contributed by atoms with Crippen molar-refractivity contribution in [3.63, 3.8) is 0 Å². The molecule has 0 spiro atoms. The van der Waals surface area contributed by atoms with Gasteiger partial charge < -0.3 is 20.6 Å². The molecule has 0 radical (unpaired) electrons. The van der Waals surface area contributed by atoms with Crippen molar-refractivity contribution in [1.29, 1.82) is 5.41 Å². The Labute approximate surface area is 160 Å². The molecule has 1 amide bonds. The minimum Gasteiger partial charge on any atom is -0.444 e. The van der Waals surface area contributed by atoms with Gasteiger partial charge in [0, 0.05) is 11.3 Å². The predicted molar refractivity (Wildman–Crippen MR) is 108 cm³/mol. The molecule has 1 aliphatic rings. The lowest BCUT2D eigenvalue weighted by molar-refractivity contribution is 0.0546. The number of allylic oxidation sites excluding steroid dienone is 3. The van der Waals surface area contributed by atoms with E-state index in [0.29, 0.717) is 17.0 Å². The molecule has 4 N–H and O–H groups in total. The first kappa shape index (κ1) is 20.5. The molecule has 0 heterocycles. The van der Waals surface area contributed by atoms with Gasteiger partial charge in [-0.3, -0.25) is 5.32 Å². The Kier molecular flexibility index (Phi) is 5.91. The topological polar surface area (TPSA) is 94.4 Å². The third-order valence-electron chi connectivity index (χ3n) is 3.66. The summed E-state index contributed by atoms with van der Waals surface area (Å²) in [5, 5.41) is 24.3. The van der Waals surface area contributed by atoms with Crippen LogP contribution in [0.4, 0.5) is 10.5 Å². The van der Waals surface area contributed by atoms with Crippen molar-refractivity contribution in [3.05, 3.63) is 65.5 Å². The Morgan fingerprint density at radius 2 is 1.70 bits per heavy atom. The average Bonchev–Trinajstić information content (AvgIpc) is 2.52. The SMILES string of the molecule is CC(C)(C)OC(=O)N/C(Nc1ccccc1)=C1\C=CC(C(C)(C)O)=CC1=N. The first-order valence-electron chi connectivity index (χ1n) is 8.73. The van der Waals surface area contributed by atoms with Gasteiger partial charge in [0.05, 0.1) is 11.3 Å². The molecule has 1 aliphatic carbocycles. The maximum atomic E-state index is 12.3. The number of aliphatic hydroxyl groups is 1. The maximum Gasteiger partial charge on any atom is 0.413 e. The number of amides is 1. The summed E-state index contributed by atoms with van der Waals surface area (Å²) in [7, 11) is 0. The van der Waals surface area contributed by atoms with Crippen LogP contribution in [0, 0.1) is 5.41 Å². The van der Waals surface area contributed by atoms with Gasteiger partial charge in [-0.25, -0.2) is 4.79 Å². The highest BCUT2D eigenvalue weighted by Gasteiger charge is 2.24. The minimum atomic E-state index is -1.06. The summed E-state index contributed by atoms with van der Waals surface area (Å²) in [5.74, 6) is 0.336. The fraction of sp³-hybridized carbons (Fsp3) is 0.333. The van der Waals surface area contributed by atoms with Gasteiger partial charge in [-0.1, -0.05) is 24.3 Å². The normalized spacial score (nSPS) is 16.5. The van der Waals surface area contributed by atoms with Gasteiger partial charge in [-0.2, -0.15) is 0 Å². The number of nitrogens with one attached hydrogen (secondary N) is 3. The summed E-state index contributed by atoms with van der Waals surface area (Å²) in [5.41, 5.74) is 0.333. The molecule has 1 aromatic rings. The van der Waals surface area contributed by atoms with Crippen LogP contribution in [0.25, 0.3) is 0 Å². The van der Waals surface area contributed by atoms with Crippen LogP contribution < -0.4 is 10.6 Å². The Morgan fingerprint density at radius 1 is 1.07 bits per heavy atom. The smallest absolute Gasteiger partial charge is 0.413 e. The predicted octanol–water partition coefficient (Wildman–Crippen LogP) is 4.12. The molecule has 144 valence electrons. The molecule has 2 rings (SSSR count). The summed E-state index contributed by atoms with van der Waals surface area (Å²) in [6.07, 6.45) is 4.39. The molecule has 0 bridgehead atoms. The third-order valence-corrected chi connectivity index (χ3v) is 3.66. The highest BCUT2D eigenvalue weighted by molar-refractivity contribution is 6.11. The van der Waals surface area contributed by atoms with E-state index in [0.717, 1.165) is 5.69 Å². The number of carbonyl (C=O) groups is 1. The highest BCUT2D eigenvalue weighted by atomic mass is 16.6. The van der Waals surface area contributed by atoms with Crippen LogP contribution in [0.2, 0.25) is 0 Å². The average molecular weight is 369 g/mol. The van der Waals surface area contributed by atoms with Crippen LogP contribution in [-0.2, 0) is 4.74 Å². The molecular formula is C21H27N3O3. The van der Waals surface area contributed by atoms with Crippen molar-refractivity contribution in [2.24, 2.45) is 0 Å². The summed E-state index contributed by atoms with van der Waals surface area (Å²) in [4.78, 5) is 12.3. The number of hydrogen-bond donors (Lipinski definition) is 4. The van der Waals surface area contributed by atoms with E-state index in [1.807, 2.05) is 30.3 Å². The van der Waals surface area contributed by atoms with Crippen molar-refractivity contribution in [2.45, 2.75) is 45.8 Å². The van der Waals surface area contributed by atoms with Crippen molar-refractivity contribution in [3.8, 4) is 0 Å². The fourth-order valence-electron chi connectivity index (χ4n) is 2.38. The van der Waals surface area contributed by atoms with Crippen molar-refractivity contribution in [1.82, 2.24) is 5.32 Å². The number of benzene rings is 1. The molecule has 0 atom stereocenters. The second kappa shape index (κ2) is 7.80. The van der Waals surface area contributed by atoms with Gasteiger partial charge in [-0.15, -0.1) is 0 Å². The van der Waals surface area contributed by atoms with E-state index >= 15 is 0 Å². The lowest BCUT2D eigenvalue weighted by Crippen LogP contribution is -2.35. The Bertz CT molecular complexity index is 807. The van der Waals surface area contributed by atoms with Crippen LogP contribution >= 0.6 is 0 Å². The van der Waals surface area contributed by atoms with Crippen LogP contribution in [-0.4, -0.2) is 28.1 Å². The van der Waals surface area contributed by atoms with Gasteiger partial charge in [0.25, 0.3) is 0 Å². The summed E-state index contributed by atoms with van der Waals surface area (Å²) >= 11 is 0. The van der Waals surface area contributed by atoms with Crippen LogP contribution in [0.15, 0.2) is 65.5 Å². The van der Waals surface area contributed by atoms with E-state index in [1.165, 1.54) is 0 Å². The maximum absolute atomic E-state index is 12.3. The standard InChI is InChI=1S/C21H27N3O3/c1-20(2,3)27-19(25)24-18(23-15-9-7-6-8-10-15)16-12-11-14(13-17(16)22)21(4,5)26/h6-13,22-23,26H,1-5H3,(H,24,25)/b18-16+,22-17?. The zero-order valence-corrected chi connectivity index (χ0v) is 16.4. The van der Waals surface area contributed by atoms with Crippen LogP contribution in [0.1, 0.15) is 34.6 Å². The zero-order valence-electron chi connectivity index (χ0n) is 16.4.